The number of imide groups is 1. The Kier molecular flexibility index (Phi) is 3.08. The molecule has 20 heavy (non-hydrogen) atoms. The second kappa shape index (κ2) is 4.66. The highest BCUT2D eigenvalue weighted by molar-refractivity contribution is 9.10. The third kappa shape index (κ3) is 1.93. The van der Waals surface area contributed by atoms with Crippen LogP contribution in [0.3, 0.4) is 0 Å². The quantitative estimate of drug-likeness (QED) is 0.785. The molecular formula is C13H10BrFN2O3. The summed E-state index contributed by atoms with van der Waals surface area (Å²) < 4.78 is 14.2. The zero-order chi connectivity index (χ0) is 14.4. The Hall–Kier alpha value is -1.76. The summed E-state index contributed by atoms with van der Waals surface area (Å²) in [6, 6.07) is 2.48. The molecule has 2 heterocycles. The van der Waals surface area contributed by atoms with Crippen LogP contribution in [0.4, 0.5) is 4.39 Å². The molecule has 7 heteroatoms. The van der Waals surface area contributed by atoms with Crippen molar-refractivity contribution in [3.8, 4) is 0 Å². The van der Waals surface area contributed by atoms with Gasteiger partial charge in [-0.25, -0.2) is 4.39 Å². The van der Waals surface area contributed by atoms with Gasteiger partial charge in [-0.05, 0) is 34.0 Å². The van der Waals surface area contributed by atoms with E-state index in [0.717, 1.165) is 0 Å². The van der Waals surface area contributed by atoms with Crippen LogP contribution in [0, 0.1) is 5.82 Å². The minimum Gasteiger partial charge on any atom is -0.322 e. The van der Waals surface area contributed by atoms with E-state index in [9.17, 15) is 18.8 Å². The number of carbonyl (C=O) groups excluding carboxylic acids is 3. The number of fused-ring (bicyclic) bond motifs is 1. The highest BCUT2D eigenvalue weighted by atomic mass is 79.9. The van der Waals surface area contributed by atoms with Gasteiger partial charge in [-0.15, -0.1) is 0 Å². The maximum Gasteiger partial charge on any atom is 0.258 e. The topological polar surface area (TPSA) is 66.5 Å². The number of piperidine rings is 1. The van der Waals surface area contributed by atoms with Crippen molar-refractivity contribution in [1.29, 1.82) is 0 Å². The van der Waals surface area contributed by atoms with Gasteiger partial charge in [0.1, 0.15) is 11.9 Å². The molecule has 0 radical (unpaired) electrons. The molecule has 1 saturated heterocycles. The van der Waals surface area contributed by atoms with Crippen molar-refractivity contribution >= 4 is 33.7 Å². The molecule has 3 amide bonds. The second-order valence-corrected chi connectivity index (χ2v) is 5.65. The van der Waals surface area contributed by atoms with Crippen LogP contribution in [0.15, 0.2) is 16.6 Å². The lowest BCUT2D eigenvalue weighted by Gasteiger charge is -2.29. The van der Waals surface area contributed by atoms with Crippen LogP contribution in [-0.4, -0.2) is 28.7 Å². The summed E-state index contributed by atoms with van der Waals surface area (Å²) in [7, 11) is 0. The Morgan fingerprint density at radius 2 is 2.05 bits per heavy atom. The molecule has 1 atom stereocenters. The Bertz CT molecular complexity index is 647. The van der Waals surface area contributed by atoms with Crippen LogP contribution in [0.2, 0.25) is 0 Å². The highest BCUT2D eigenvalue weighted by Gasteiger charge is 2.40. The molecule has 1 unspecified atom stereocenters. The lowest BCUT2D eigenvalue weighted by Crippen LogP contribution is -2.52. The molecule has 5 nitrogen and oxygen atoms in total. The van der Waals surface area contributed by atoms with Gasteiger partial charge in [0.25, 0.3) is 5.91 Å². The van der Waals surface area contributed by atoms with Crippen LogP contribution in [0.5, 0.6) is 0 Å². The van der Waals surface area contributed by atoms with Crippen LogP contribution < -0.4 is 5.32 Å². The van der Waals surface area contributed by atoms with E-state index in [4.69, 9.17) is 0 Å². The van der Waals surface area contributed by atoms with Gasteiger partial charge in [-0.2, -0.15) is 0 Å². The molecule has 104 valence electrons. The summed E-state index contributed by atoms with van der Waals surface area (Å²) >= 11 is 3.04. The Morgan fingerprint density at radius 3 is 2.75 bits per heavy atom. The van der Waals surface area contributed by atoms with Crippen molar-refractivity contribution < 1.29 is 18.8 Å². The molecule has 1 aromatic carbocycles. The SMILES string of the molecule is O=C1CCC(N2Cc3ccc(Br)c(F)c3C2=O)C(=O)N1. The van der Waals surface area contributed by atoms with E-state index in [-0.39, 0.29) is 35.3 Å². The first-order valence-corrected chi connectivity index (χ1v) is 6.90. The normalized spacial score (nSPS) is 22.0. The van der Waals surface area contributed by atoms with Gasteiger partial charge in [0, 0.05) is 13.0 Å². The van der Waals surface area contributed by atoms with Crippen molar-refractivity contribution in [3.05, 3.63) is 33.5 Å². The van der Waals surface area contributed by atoms with Crippen LogP contribution in [0.1, 0.15) is 28.8 Å². The van der Waals surface area contributed by atoms with E-state index in [1.54, 1.807) is 6.07 Å². The number of hydrogen-bond acceptors (Lipinski definition) is 3. The van der Waals surface area contributed by atoms with E-state index in [2.05, 4.69) is 21.2 Å². The molecule has 1 fully saturated rings. The van der Waals surface area contributed by atoms with Crippen LogP contribution in [-0.2, 0) is 16.1 Å². The highest BCUT2D eigenvalue weighted by Crippen LogP contribution is 2.32. The lowest BCUT2D eigenvalue weighted by atomic mass is 10.0. The maximum absolute atomic E-state index is 14.0. The van der Waals surface area contributed by atoms with Gasteiger partial charge < -0.3 is 4.90 Å². The number of amides is 3. The van der Waals surface area contributed by atoms with E-state index >= 15 is 0 Å². The monoisotopic (exact) mass is 340 g/mol. The fraction of sp³-hybridized carbons (Fsp3) is 0.308. The predicted octanol–water partition coefficient (Wildman–Crippen LogP) is 1.35. The van der Waals surface area contributed by atoms with Crippen LogP contribution >= 0.6 is 15.9 Å². The number of nitrogens with zero attached hydrogens (tertiary/aromatic N) is 1. The minimum atomic E-state index is -0.717. The third-order valence-electron chi connectivity index (χ3n) is 3.58. The third-order valence-corrected chi connectivity index (χ3v) is 4.20. The first-order chi connectivity index (χ1) is 9.49. The van der Waals surface area contributed by atoms with Crippen molar-refractivity contribution in [2.45, 2.75) is 25.4 Å². The van der Waals surface area contributed by atoms with E-state index < -0.39 is 23.7 Å². The Morgan fingerprint density at radius 1 is 1.30 bits per heavy atom. The molecule has 1 aromatic rings. The first kappa shape index (κ1) is 13.2. The summed E-state index contributed by atoms with van der Waals surface area (Å²) in [6.07, 6.45) is 0.454. The van der Waals surface area contributed by atoms with E-state index in [1.807, 2.05) is 0 Å². The predicted molar refractivity (Wildman–Crippen MR) is 70.1 cm³/mol. The number of carbonyl (C=O) groups is 3. The summed E-state index contributed by atoms with van der Waals surface area (Å²) in [4.78, 5) is 36.6. The number of nitrogens with one attached hydrogen (secondary N) is 1. The largest absolute Gasteiger partial charge is 0.322 e. The first-order valence-electron chi connectivity index (χ1n) is 6.10. The van der Waals surface area contributed by atoms with Gasteiger partial charge >= 0.3 is 0 Å². The van der Waals surface area contributed by atoms with Crippen molar-refractivity contribution in [1.82, 2.24) is 10.2 Å². The van der Waals surface area contributed by atoms with Crippen molar-refractivity contribution in [2.24, 2.45) is 0 Å². The van der Waals surface area contributed by atoms with Gasteiger partial charge in [0.2, 0.25) is 11.8 Å². The molecule has 0 aromatic heterocycles. The molecule has 0 bridgehead atoms. The van der Waals surface area contributed by atoms with Gasteiger partial charge in [0.05, 0.1) is 10.0 Å². The van der Waals surface area contributed by atoms with Crippen molar-refractivity contribution in [3.63, 3.8) is 0 Å². The second-order valence-electron chi connectivity index (χ2n) is 4.80. The van der Waals surface area contributed by atoms with Crippen molar-refractivity contribution in [2.75, 3.05) is 0 Å². The molecule has 2 aliphatic rings. The van der Waals surface area contributed by atoms with Crippen LogP contribution in [0.25, 0.3) is 0 Å². The Balaban J connectivity index is 1.93. The summed E-state index contributed by atoms with van der Waals surface area (Å²) in [5.41, 5.74) is 0.560. The molecule has 2 aliphatic heterocycles. The smallest absolute Gasteiger partial charge is 0.258 e. The van der Waals surface area contributed by atoms with E-state index in [0.29, 0.717) is 5.56 Å². The molecule has 0 aliphatic carbocycles. The fourth-order valence-corrected chi connectivity index (χ4v) is 2.91. The molecular weight excluding hydrogens is 331 g/mol. The zero-order valence-electron chi connectivity index (χ0n) is 10.3. The lowest BCUT2D eigenvalue weighted by molar-refractivity contribution is -0.136. The zero-order valence-corrected chi connectivity index (χ0v) is 11.9. The summed E-state index contributed by atoms with van der Waals surface area (Å²) in [5.74, 6) is -1.96. The maximum atomic E-state index is 14.0. The average Bonchev–Trinajstić information content (AvgIpc) is 2.72. The molecule has 3 rings (SSSR count). The minimum absolute atomic E-state index is 0.00377. The number of benzene rings is 1. The summed E-state index contributed by atoms with van der Waals surface area (Å²) in [6.45, 7) is 0.185. The molecule has 0 saturated carbocycles. The summed E-state index contributed by atoms with van der Waals surface area (Å²) in [5, 5.41) is 2.20. The molecule has 0 spiro atoms. The number of hydrogen-bond donors (Lipinski definition) is 1. The van der Waals surface area contributed by atoms with E-state index in [1.165, 1.54) is 11.0 Å². The Labute approximate surface area is 122 Å². The van der Waals surface area contributed by atoms with Gasteiger partial charge in [0.15, 0.2) is 0 Å². The van der Waals surface area contributed by atoms with Gasteiger partial charge in [-0.3, -0.25) is 19.7 Å². The average molecular weight is 341 g/mol. The standard InChI is InChI=1S/C13H10BrFN2O3/c14-7-2-1-6-5-17(13(20)10(6)11(7)15)8-3-4-9(18)16-12(8)19/h1-2,8H,3-5H2,(H,16,18,19). The number of halogens is 2. The van der Waals surface area contributed by atoms with Gasteiger partial charge in [-0.1, -0.05) is 6.07 Å². The number of rotatable bonds is 1. The molecule has 1 N–H and O–H groups in total. The fourth-order valence-electron chi connectivity index (χ4n) is 2.58.